The predicted octanol–water partition coefficient (Wildman–Crippen LogP) is 4.84. The van der Waals surface area contributed by atoms with Crippen molar-refractivity contribution in [2.45, 2.75) is 6.18 Å². The second-order valence-electron chi connectivity index (χ2n) is 4.57. The number of nitrogens with one attached hydrogen (secondary N) is 1. The van der Waals surface area contributed by atoms with Gasteiger partial charge in [0.15, 0.2) is 0 Å². The Kier molecular flexibility index (Phi) is 5.08. The molecule has 1 N–H and O–H groups in total. The zero-order chi connectivity index (χ0) is 17.6. The molecule has 0 atom stereocenters. The summed E-state index contributed by atoms with van der Waals surface area (Å²) in [6.45, 7) is 0. The number of halogens is 3. The van der Waals surface area contributed by atoms with Crippen LogP contribution >= 0.6 is 0 Å². The topological polar surface area (TPSA) is 68.8 Å². The van der Waals surface area contributed by atoms with Gasteiger partial charge in [0, 0.05) is 11.9 Å². The van der Waals surface area contributed by atoms with Crippen molar-refractivity contribution in [3.05, 3.63) is 65.9 Å². The van der Waals surface area contributed by atoms with Gasteiger partial charge in [0.2, 0.25) is 0 Å². The van der Waals surface area contributed by atoms with E-state index in [0.717, 1.165) is 12.1 Å². The summed E-state index contributed by atoms with van der Waals surface area (Å²) in [6.07, 6.45) is -3.11. The maximum Gasteiger partial charge on any atom is 0.416 e. The second kappa shape index (κ2) is 7.21. The van der Waals surface area contributed by atoms with Gasteiger partial charge in [-0.2, -0.15) is 23.7 Å². The first-order chi connectivity index (χ1) is 11.4. The molecule has 0 aromatic heterocycles. The highest BCUT2D eigenvalue weighted by Gasteiger charge is 2.30. The Hall–Kier alpha value is -3.45. The summed E-state index contributed by atoms with van der Waals surface area (Å²) >= 11 is 0. The molecule has 0 fully saturated rings. The molecule has 0 bridgehead atoms. The van der Waals surface area contributed by atoms with Gasteiger partial charge in [-0.3, -0.25) is 0 Å². The molecule has 24 heavy (non-hydrogen) atoms. The van der Waals surface area contributed by atoms with Crippen molar-refractivity contribution < 1.29 is 17.9 Å². The van der Waals surface area contributed by atoms with Crippen LogP contribution in [-0.4, -0.2) is 0 Å². The van der Waals surface area contributed by atoms with E-state index in [0.29, 0.717) is 11.4 Å². The third-order valence-corrected chi connectivity index (χ3v) is 2.90. The quantitative estimate of drug-likeness (QED) is 0.815. The zero-order valence-corrected chi connectivity index (χ0v) is 12.1. The van der Waals surface area contributed by atoms with Crippen LogP contribution < -0.4 is 10.1 Å². The lowest BCUT2D eigenvalue weighted by atomic mass is 10.2. The largest absolute Gasteiger partial charge is 0.457 e. The lowest BCUT2D eigenvalue weighted by molar-refractivity contribution is -0.137. The first kappa shape index (κ1) is 16.9. The van der Waals surface area contributed by atoms with E-state index in [-0.39, 0.29) is 11.3 Å². The lowest BCUT2D eigenvalue weighted by Gasteiger charge is -2.09. The third kappa shape index (κ3) is 4.52. The summed E-state index contributed by atoms with van der Waals surface area (Å²) in [5, 5.41) is 20.0. The van der Waals surface area contributed by atoms with Crippen molar-refractivity contribution in [3.63, 3.8) is 0 Å². The summed E-state index contributed by atoms with van der Waals surface area (Å²) in [5.74, 6) is 0.713. The summed E-state index contributed by atoms with van der Waals surface area (Å²) in [4.78, 5) is 0. The monoisotopic (exact) mass is 329 g/mol. The van der Waals surface area contributed by atoms with E-state index in [4.69, 9.17) is 15.3 Å². The number of nitriles is 2. The number of ether oxygens (including phenoxy) is 1. The molecular formula is C17H10F3N3O. The van der Waals surface area contributed by atoms with Crippen LogP contribution in [0.15, 0.2) is 60.3 Å². The Morgan fingerprint density at radius 3 is 1.88 bits per heavy atom. The van der Waals surface area contributed by atoms with Crippen molar-refractivity contribution in [2.75, 3.05) is 5.32 Å². The molecule has 120 valence electrons. The summed E-state index contributed by atoms with van der Waals surface area (Å²) in [5.41, 5.74) is -0.190. The number of benzene rings is 2. The van der Waals surface area contributed by atoms with E-state index in [1.165, 1.54) is 18.3 Å². The number of rotatable bonds is 4. The van der Waals surface area contributed by atoms with Crippen molar-refractivity contribution in [2.24, 2.45) is 0 Å². The molecule has 0 aliphatic carbocycles. The minimum absolute atomic E-state index is 0.0694. The SMILES string of the molecule is N#CC(C#N)=CNc1ccc(Oc2ccc(C(F)(F)F)cc2)cc1. The maximum atomic E-state index is 12.5. The van der Waals surface area contributed by atoms with E-state index >= 15 is 0 Å². The van der Waals surface area contributed by atoms with Gasteiger partial charge in [-0.05, 0) is 48.5 Å². The Bertz CT molecular complexity index is 795. The second-order valence-corrected chi connectivity index (χ2v) is 4.57. The van der Waals surface area contributed by atoms with Crippen molar-refractivity contribution in [1.29, 1.82) is 10.5 Å². The summed E-state index contributed by atoms with van der Waals surface area (Å²) < 4.78 is 42.9. The molecule has 0 aliphatic rings. The zero-order valence-electron chi connectivity index (χ0n) is 12.1. The van der Waals surface area contributed by atoms with E-state index in [2.05, 4.69) is 5.32 Å². The number of hydrogen-bond donors (Lipinski definition) is 1. The first-order valence-electron chi connectivity index (χ1n) is 6.64. The molecule has 2 rings (SSSR count). The highest BCUT2D eigenvalue weighted by molar-refractivity contribution is 5.51. The molecule has 2 aromatic rings. The summed E-state index contributed by atoms with van der Waals surface area (Å²) in [7, 11) is 0. The molecular weight excluding hydrogens is 319 g/mol. The van der Waals surface area contributed by atoms with Crippen LogP contribution in [0, 0.1) is 22.7 Å². The van der Waals surface area contributed by atoms with Crippen molar-refractivity contribution >= 4 is 5.69 Å². The molecule has 0 saturated carbocycles. The number of alkyl halides is 3. The Morgan fingerprint density at radius 1 is 0.917 bits per heavy atom. The average Bonchev–Trinajstić information content (AvgIpc) is 2.57. The Labute approximate surface area is 136 Å². The highest BCUT2D eigenvalue weighted by Crippen LogP contribution is 2.31. The van der Waals surface area contributed by atoms with Crippen LogP contribution in [0.3, 0.4) is 0 Å². The minimum Gasteiger partial charge on any atom is -0.457 e. The van der Waals surface area contributed by atoms with Gasteiger partial charge in [-0.1, -0.05) is 0 Å². The molecule has 0 heterocycles. The van der Waals surface area contributed by atoms with Crippen LogP contribution in [-0.2, 0) is 6.18 Å². The van der Waals surface area contributed by atoms with Crippen LogP contribution in [0.5, 0.6) is 11.5 Å². The van der Waals surface area contributed by atoms with E-state index in [9.17, 15) is 13.2 Å². The molecule has 0 saturated heterocycles. The van der Waals surface area contributed by atoms with Gasteiger partial charge in [0.1, 0.15) is 29.2 Å². The first-order valence-corrected chi connectivity index (χ1v) is 6.64. The van der Waals surface area contributed by atoms with E-state index < -0.39 is 11.7 Å². The fraction of sp³-hybridized carbons (Fsp3) is 0.0588. The predicted molar refractivity (Wildman–Crippen MR) is 80.9 cm³/mol. The molecule has 0 aliphatic heterocycles. The molecule has 0 radical (unpaired) electrons. The number of anilines is 1. The standard InChI is InChI=1S/C17H10F3N3O/c18-17(19,20)13-1-5-15(6-2-13)24-16-7-3-14(4-8-16)23-11-12(9-21)10-22/h1-8,11,23H. The smallest absolute Gasteiger partial charge is 0.416 e. The van der Waals surface area contributed by atoms with Crippen molar-refractivity contribution in [1.82, 2.24) is 0 Å². The molecule has 0 amide bonds. The van der Waals surface area contributed by atoms with Gasteiger partial charge < -0.3 is 10.1 Å². The number of nitrogens with zero attached hydrogens (tertiary/aromatic N) is 2. The normalized spacial score (nSPS) is 10.2. The van der Waals surface area contributed by atoms with E-state index in [1.807, 2.05) is 0 Å². The van der Waals surface area contributed by atoms with Crippen molar-refractivity contribution in [3.8, 4) is 23.6 Å². The molecule has 2 aromatic carbocycles. The Balaban J connectivity index is 2.03. The maximum absolute atomic E-state index is 12.5. The van der Waals surface area contributed by atoms with Crippen LogP contribution in [0.1, 0.15) is 5.56 Å². The fourth-order valence-corrected chi connectivity index (χ4v) is 1.71. The summed E-state index contributed by atoms with van der Waals surface area (Å²) in [6, 6.07) is 14.3. The van der Waals surface area contributed by atoms with Crippen LogP contribution in [0.25, 0.3) is 0 Å². The minimum atomic E-state index is -4.38. The van der Waals surface area contributed by atoms with Gasteiger partial charge in [0.05, 0.1) is 5.56 Å². The van der Waals surface area contributed by atoms with E-state index in [1.54, 1.807) is 36.4 Å². The molecule has 7 heteroatoms. The molecule has 0 spiro atoms. The highest BCUT2D eigenvalue weighted by atomic mass is 19.4. The van der Waals surface area contributed by atoms with Gasteiger partial charge in [0.25, 0.3) is 0 Å². The average molecular weight is 329 g/mol. The third-order valence-electron chi connectivity index (χ3n) is 2.90. The Morgan fingerprint density at radius 2 is 1.42 bits per heavy atom. The number of allylic oxidation sites excluding steroid dienone is 1. The number of hydrogen-bond acceptors (Lipinski definition) is 4. The molecule has 4 nitrogen and oxygen atoms in total. The van der Waals surface area contributed by atoms with Gasteiger partial charge in [-0.15, -0.1) is 0 Å². The lowest BCUT2D eigenvalue weighted by Crippen LogP contribution is -2.03. The molecule has 0 unspecified atom stereocenters. The van der Waals surface area contributed by atoms with Crippen LogP contribution in [0.4, 0.5) is 18.9 Å². The van der Waals surface area contributed by atoms with Crippen LogP contribution in [0.2, 0.25) is 0 Å². The fourth-order valence-electron chi connectivity index (χ4n) is 1.71. The van der Waals surface area contributed by atoms with Gasteiger partial charge >= 0.3 is 6.18 Å². The van der Waals surface area contributed by atoms with Gasteiger partial charge in [-0.25, -0.2) is 0 Å².